The van der Waals surface area contributed by atoms with Gasteiger partial charge in [0, 0.05) is 4.88 Å². The first-order valence-electron chi connectivity index (χ1n) is 2.84. The lowest BCUT2D eigenvalue weighted by atomic mass is 10.4. The molecule has 3 heteroatoms. The lowest BCUT2D eigenvalue weighted by molar-refractivity contribution is 0.432. The molecule has 0 saturated heterocycles. The Labute approximate surface area is 63.1 Å². The molecule has 0 bridgehead atoms. The quantitative estimate of drug-likeness (QED) is 0.613. The minimum atomic E-state index is -0.0712. The zero-order valence-electron chi connectivity index (χ0n) is 5.53. The molecule has 0 atom stereocenters. The molecule has 1 rings (SSSR count). The fraction of sp³-hybridized carbons (Fsp3) is 0.143. The molecule has 0 amide bonds. The van der Waals surface area contributed by atoms with Gasteiger partial charge in [-0.1, -0.05) is 0 Å². The van der Waals surface area contributed by atoms with Crippen LogP contribution in [0, 0.1) is 6.92 Å². The third-order valence-electron chi connectivity index (χ3n) is 1.12. The van der Waals surface area contributed by atoms with Crippen molar-refractivity contribution >= 4 is 17.1 Å². The minimum absolute atomic E-state index is 0.0712. The first-order valence-corrected chi connectivity index (χ1v) is 3.66. The van der Waals surface area contributed by atoms with Crippen molar-refractivity contribution in [2.45, 2.75) is 6.92 Å². The number of aliphatic hydroxyl groups excluding tert-OH is 2. The Balaban J connectivity index is 2.95. The number of aliphatic hydroxyl groups is 2. The van der Waals surface area contributed by atoms with E-state index in [1.165, 1.54) is 11.3 Å². The summed E-state index contributed by atoms with van der Waals surface area (Å²) in [6.45, 7) is 1.94. The van der Waals surface area contributed by atoms with Gasteiger partial charge in [0.2, 0.25) is 0 Å². The van der Waals surface area contributed by atoms with Gasteiger partial charge in [0.15, 0.2) is 5.76 Å². The van der Waals surface area contributed by atoms with Gasteiger partial charge >= 0.3 is 0 Å². The molecular formula is C7H8O2S. The van der Waals surface area contributed by atoms with Crippen molar-refractivity contribution in [2.24, 2.45) is 0 Å². The summed E-state index contributed by atoms with van der Waals surface area (Å²) in [6, 6.07) is 3.65. The summed E-state index contributed by atoms with van der Waals surface area (Å²) in [5.74, 6) is -0.0712. The maximum absolute atomic E-state index is 8.96. The summed E-state index contributed by atoms with van der Waals surface area (Å²) < 4.78 is 0. The molecule has 0 aliphatic carbocycles. The molecule has 0 aliphatic rings. The predicted octanol–water partition coefficient (Wildman–Crippen LogP) is 2.47. The largest absolute Gasteiger partial charge is 0.512 e. The molecule has 54 valence electrons. The van der Waals surface area contributed by atoms with Crippen LogP contribution in [0.25, 0.3) is 5.76 Å². The minimum Gasteiger partial charge on any atom is -0.512 e. The zero-order valence-corrected chi connectivity index (χ0v) is 6.35. The highest BCUT2D eigenvalue weighted by atomic mass is 32.1. The lowest BCUT2D eigenvalue weighted by Crippen LogP contribution is -1.73. The first-order chi connectivity index (χ1) is 4.74. The van der Waals surface area contributed by atoms with Crippen LogP contribution in [0.3, 0.4) is 0 Å². The summed E-state index contributed by atoms with van der Waals surface area (Å²) in [5.41, 5.74) is 0. The molecule has 0 spiro atoms. The first kappa shape index (κ1) is 7.15. The molecule has 0 radical (unpaired) electrons. The van der Waals surface area contributed by atoms with E-state index in [0.717, 1.165) is 4.88 Å². The summed E-state index contributed by atoms with van der Waals surface area (Å²) in [5, 5.41) is 17.4. The molecule has 2 nitrogen and oxygen atoms in total. The molecule has 1 aromatic heterocycles. The number of rotatable bonds is 1. The van der Waals surface area contributed by atoms with Gasteiger partial charge in [0.25, 0.3) is 0 Å². The second-order valence-corrected chi connectivity index (χ2v) is 3.21. The smallest absolute Gasteiger partial charge is 0.167 e. The summed E-state index contributed by atoms with van der Waals surface area (Å²) in [7, 11) is 0. The second kappa shape index (κ2) is 2.75. The van der Waals surface area contributed by atoms with E-state index in [-0.39, 0.29) is 5.76 Å². The van der Waals surface area contributed by atoms with Crippen LogP contribution in [0.15, 0.2) is 18.4 Å². The van der Waals surface area contributed by atoms with Gasteiger partial charge < -0.3 is 10.2 Å². The molecule has 2 N–H and O–H groups in total. The Kier molecular flexibility index (Phi) is 1.97. The van der Waals surface area contributed by atoms with Crippen molar-refractivity contribution < 1.29 is 10.2 Å². The Morgan fingerprint density at radius 3 is 2.70 bits per heavy atom. The van der Waals surface area contributed by atoms with E-state index in [4.69, 9.17) is 10.2 Å². The molecule has 0 aromatic carbocycles. The Hall–Kier alpha value is -0.960. The van der Waals surface area contributed by atoms with Crippen molar-refractivity contribution in [3.63, 3.8) is 0 Å². The van der Waals surface area contributed by atoms with E-state index in [1.54, 1.807) is 6.07 Å². The molecule has 0 aliphatic heterocycles. The third kappa shape index (κ3) is 1.30. The molecule has 0 unspecified atom stereocenters. The standard InChI is InChI=1S/C7H8O2S/c1-5-2-3-7(10-5)6(9)4-8/h2-4,8-9H,1H3/b6-4-. The predicted molar refractivity (Wildman–Crippen MR) is 42.3 cm³/mol. The van der Waals surface area contributed by atoms with Crippen molar-refractivity contribution in [3.05, 3.63) is 28.1 Å². The normalized spacial score (nSPS) is 11.9. The average Bonchev–Trinajstić information content (AvgIpc) is 2.34. The lowest BCUT2D eigenvalue weighted by Gasteiger charge is -1.89. The van der Waals surface area contributed by atoms with Crippen molar-refractivity contribution in [3.8, 4) is 0 Å². The van der Waals surface area contributed by atoms with Gasteiger partial charge in [-0.25, -0.2) is 0 Å². The van der Waals surface area contributed by atoms with Crippen LogP contribution < -0.4 is 0 Å². The van der Waals surface area contributed by atoms with Gasteiger partial charge in [0.1, 0.15) is 6.26 Å². The highest BCUT2D eigenvalue weighted by molar-refractivity contribution is 7.12. The fourth-order valence-corrected chi connectivity index (χ4v) is 1.41. The summed E-state index contributed by atoms with van der Waals surface area (Å²) in [6.07, 6.45) is 0.700. The number of hydrogen-bond acceptors (Lipinski definition) is 3. The summed E-state index contributed by atoms with van der Waals surface area (Å²) in [4.78, 5) is 1.81. The Bertz CT molecular complexity index is 250. The second-order valence-electron chi connectivity index (χ2n) is 1.92. The third-order valence-corrected chi connectivity index (χ3v) is 2.14. The van der Waals surface area contributed by atoms with Crippen LogP contribution in [-0.2, 0) is 0 Å². The topological polar surface area (TPSA) is 40.5 Å². The van der Waals surface area contributed by atoms with Crippen LogP contribution in [-0.4, -0.2) is 10.2 Å². The SMILES string of the molecule is Cc1ccc(/C(O)=C/O)s1. The van der Waals surface area contributed by atoms with Gasteiger partial charge in [0.05, 0.1) is 4.88 Å². The van der Waals surface area contributed by atoms with E-state index in [1.807, 2.05) is 13.0 Å². The van der Waals surface area contributed by atoms with E-state index >= 15 is 0 Å². The Morgan fingerprint density at radius 1 is 1.60 bits per heavy atom. The Morgan fingerprint density at radius 2 is 2.30 bits per heavy atom. The number of aryl methyl sites for hydroxylation is 1. The molecule has 10 heavy (non-hydrogen) atoms. The van der Waals surface area contributed by atoms with E-state index in [0.29, 0.717) is 11.1 Å². The van der Waals surface area contributed by atoms with Crippen molar-refractivity contribution in [1.82, 2.24) is 0 Å². The highest BCUT2D eigenvalue weighted by Gasteiger charge is 1.99. The monoisotopic (exact) mass is 156 g/mol. The molecule has 1 heterocycles. The van der Waals surface area contributed by atoms with Crippen LogP contribution in [0.4, 0.5) is 0 Å². The van der Waals surface area contributed by atoms with Gasteiger partial charge in [-0.3, -0.25) is 0 Å². The van der Waals surface area contributed by atoms with E-state index < -0.39 is 0 Å². The van der Waals surface area contributed by atoms with E-state index in [9.17, 15) is 0 Å². The van der Waals surface area contributed by atoms with Crippen molar-refractivity contribution in [1.29, 1.82) is 0 Å². The van der Waals surface area contributed by atoms with Gasteiger partial charge in [-0.05, 0) is 19.1 Å². The molecule has 0 fully saturated rings. The van der Waals surface area contributed by atoms with Crippen LogP contribution in [0.5, 0.6) is 0 Å². The van der Waals surface area contributed by atoms with Gasteiger partial charge in [-0.15, -0.1) is 11.3 Å². The summed E-state index contributed by atoms with van der Waals surface area (Å²) >= 11 is 1.44. The maximum Gasteiger partial charge on any atom is 0.167 e. The van der Waals surface area contributed by atoms with E-state index in [2.05, 4.69) is 0 Å². The van der Waals surface area contributed by atoms with Crippen LogP contribution in [0.1, 0.15) is 9.75 Å². The van der Waals surface area contributed by atoms with Crippen LogP contribution >= 0.6 is 11.3 Å². The fourth-order valence-electron chi connectivity index (χ4n) is 0.636. The zero-order chi connectivity index (χ0) is 7.56. The van der Waals surface area contributed by atoms with Crippen LogP contribution in [0.2, 0.25) is 0 Å². The molecule has 1 aromatic rings. The molecule has 0 saturated carbocycles. The van der Waals surface area contributed by atoms with Crippen molar-refractivity contribution in [2.75, 3.05) is 0 Å². The van der Waals surface area contributed by atoms with Gasteiger partial charge in [-0.2, -0.15) is 0 Å². The molecular weight excluding hydrogens is 148 g/mol. The maximum atomic E-state index is 8.96. The highest BCUT2D eigenvalue weighted by Crippen LogP contribution is 2.20. The number of thiophene rings is 1. The number of hydrogen-bond donors (Lipinski definition) is 2. The average molecular weight is 156 g/mol.